The van der Waals surface area contributed by atoms with Crippen LogP contribution in [0.15, 0.2) is 48.5 Å². The number of hydrogen-bond donors (Lipinski definition) is 1. The Morgan fingerprint density at radius 1 is 1.09 bits per heavy atom. The third-order valence-corrected chi connectivity index (χ3v) is 5.75. The number of aryl methyl sites for hydroxylation is 1. The van der Waals surface area contributed by atoms with Gasteiger partial charge in [0.25, 0.3) is 5.91 Å². The highest BCUT2D eigenvalue weighted by Crippen LogP contribution is 2.34. The number of carbonyl (C=O) groups is 2. The zero-order valence-electron chi connectivity index (χ0n) is 18.6. The lowest BCUT2D eigenvalue weighted by atomic mass is 10.1. The molecule has 0 radical (unpaired) electrons. The number of nitrogens with zero attached hydrogens (tertiary/aromatic N) is 2. The predicted octanol–water partition coefficient (Wildman–Crippen LogP) is 6.07. The number of carbonyl (C=O) groups excluding carboxylic acids is 2. The van der Waals surface area contributed by atoms with Crippen molar-refractivity contribution in [1.82, 2.24) is 9.78 Å². The highest BCUT2D eigenvalue weighted by atomic mass is 35.5. The maximum absolute atomic E-state index is 13.0. The summed E-state index contributed by atoms with van der Waals surface area (Å²) in [5.74, 6) is -1.75. The summed E-state index contributed by atoms with van der Waals surface area (Å²) < 4.78 is 45.7. The summed E-state index contributed by atoms with van der Waals surface area (Å²) in [6.07, 6.45) is -2.04. The highest BCUT2D eigenvalue weighted by Gasteiger charge is 2.33. The van der Waals surface area contributed by atoms with Crippen LogP contribution in [0.25, 0.3) is 6.08 Å². The van der Waals surface area contributed by atoms with Gasteiger partial charge in [-0.1, -0.05) is 41.4 Å². The van der Waals surface area contributed by atoms with E-state index in [0.717, 1.165) is 23.9 Å². The van der Waals surface area contributed by atoms with Gasteiger partial charge in [0, 0.05) is 32.9 Å². The SMILES string of the molecule is Cc1nn(Cc2c(Cl)cccc2Cl)c(C)c1C=CC(=O)OCC(=O)Nc1ccccc1C(F)(F)F. The van der Waals surface area contributed by atoms with E-state index in [2.05, 4.69) is 10.4 Å². The van der Waals surface area contributed by atoms with Gasteiger partial charge in [-0.15, -0.1) is 0 Å². The van der Waals surface area contributed by atoms with Crippen molar-refractivity contribution < 1.29 is 27.5 Å². The molecule has 0 atom stereocenters. The average Bonchev–Trinajstić information content (AvgIpc) is 3.05. The molecule has 0 aliphatic carbocycles. The number of para-hydroxylation sites is 1. The molecule has 35 heavy (non-hydrogen) atoms. The minimum atomic E-state index is -4.64. The van der Waals surface area contributed by atoms with Gasteiger partial charge in [-0.3, -0.25) is 9.48 Å². The number of hydrogen-bond acceptors (Lipinski definition) is 4. The van der Waals surface area contributed by atoms with Gasteiger partial charge in [0.1, 0.15) is 0 Å². The third kappa shape index (κ3) is 6.64. The van der Waals surface area contributed by atoms with Crippen LogP contribution in [-0.4, -0.2) is 28.3 Å². The molecule has 11 heteroatoms. The maximum Gasteiger partial charge on any atom is 0.418 e. The fraction of sp³-hybridized carbons (Fsp3) is 0.208. The Labute approximate surface area is 209 Å². The first-order valence-electron chi connectivity index (χ1n) is 10.2. The van der Waals surface area contributed by atoms with Crippen molar-refractivity contribution in [2.45, 2.75) is 26.6 Å². The van der Waals surface area contributed by atoms with Crippen LogP contribution in [0.1, 0.15) is 28.1 Å². The van der Waals surface area contributed by atoms with Crippen molar-refractivity contribution in [3.05, 3.63) is 86.7 Å². The van der Waals surface area contributed by atoms with E-state index in [4.69, 9.17) is 27.9 Å². The normalized spacial score (nSPS) is 11.6. The number of alkyl halides is 3. The van der Waals surface area contributed by atoms with Crippen LogP contribution < -0.4 is 5.32 Å². The molecule has 0 fully saturated rings. The van der Waals surface area contributed by atoms with Gasteiger partial charge in [0.15, 0.2) is 6.61 Å². The van der Waals surface area contributed by atoms with Crippen LogP contribution in [-0.2, 0) is 27.0 Å². The van der Waals surface area contributed by atoms with Crippen LogP contribution in [0.4, 0.5) is 18.9 Å². The van der Waals surface area contributed by atoms with Crippen molar-refractivity contribution in [3.63, 3.8) is 0 Å². The maximum atomic E-state index is 13.0. The molecular weight excluding hydrogens is 506 g/mol. The number of anilines is 1. The molecule has 0 bridgehead atoms. The monoisotopic (exact) mass is 525 g/mol. The Hall–Kier alpha value is -3.30. The lowest BCUT2D eigenvalue weighted by Gasteiger charge is -2.13. The quantitative estimate of drug-likeness (QED) is 0.300. The molecule has 0 saturated carbocycles. The second-order valence-electron chi connectivity index (χ2n) is 7.47. The molecule has 1 heterocycles. The van der Waals surface area contributed by atoms with Gasteiger partial charge in [-0.25, -0.2) is 4.79 Å². The summed E-state index contributed by atoms with van der Waals surface area (Å²) in [4.78, 5) is 24.1. The standard InChI is InChI=1S/C24H20Cl2F3N3O3/c1-14-16(15(2)32(31-14)12-17-19(25)7-5-8-20(17)26)10-11-23(34)35-13-22(33)30-21-9-4-3-6-18(21)24(27,28)29/h3-11H,12-13H2,1-2H3,(H,30,33). The number of benzene rings is 2. The van der Waals surface area contributed by atoms with E-state index < -0.39 is 35.9 Å². The van der Waals surface area contributed by atoms with Crippen molar-refractivity contribution in [2.24, 2.45) is 0 Å². The van der Waals surface area contributed by atoms with E-state index in [1.165, 1.54) is 18.2 Å². The molecule has 0 aliphatic rings. The number of halogens is 5. The summed E-state index contributed by atoms with van der Waals surface area (Å²) in [7, 11) is 0. The molecule has 3 aromatic rings. The summed E-state index contributed by atoms with van der Waals surface area (Å²) in [6.45, 7) is 3.14. The lowest BCUT2D eigenvalue weighted by molar-refractivity contribution is -0.142. The van der Waals surface area contributed by atoms with E-state index >= 15 is 0 Å². The van der Waals surface area contributed by atoms with E-state index in [0.29, 0.717) is 33.4 Å². The zero-order chi connectivity index (χ0) is 25.8. The third-order valence-electron chi connectivity index (χ3n) is 5.05. The average molecular weight is 526 g/mol. The number of nitrogens with one attached hydrogen (secondary N) is 1. The number of rotatable bonds is 7. The first kappa shape index (κ1) is 26.3. The minimum Gasteiger partial charge on any atom is -0.452 e. The van der Waals surface area contributed by atoms with E-state index in [1.807, 2.05) is 0 Å². The first-order valence-corrected chi connectivity index (χ1v) is 11.0. The van der Waals surface area contributed by atoms with Gasteiger partial charge in [0.2, 0.25) is 0 Å². The fourth-order valence-electron chi connectivity index (χ4n) is 3.30. The van der Waals surface area contributed by atoms with Crippen molar-refractivity contribution >= 4 is 46.8 Å². The molecule has 0 aliphatic heterocycles. The highest BCUT2D eigenvalue weighted by molar-refractivity contribution is 6.36. The molecule has 0 saturated heterocycles. The van der Waals surface area contributed by atoms with E-state index in [1.54, 1.807) is 36.7 Å². The summed E-state index contributed by atoms with van der Waals surface area (Å²) in [5.41, 5.74) is 1.32. The van der Waals surface area contributed by atoms with Crippen molar-refractivity contribution in [3.8, 4) is 0 Å². The fourth-order valence-corrected chi connectivity index (χ4v) is 3.82. The molecule has 0 spiro atoms. The Morgan fingerprint density at radius 2 is 1.74 bits per heavy atom. The van der Waals surface area contributed by atoms with Crippen molar-refractivity contribution in [1.29, 1.82) is 0 Å². The second-order valence-corrected chi connectivity index (χ2v) is 8.29. The van der Waals surface area contributed by atoms with Crippen LogP contribution in [0.2, 0.25) is 10.0 Å². The lowest BCUT2D eigenvalue weighted by Crippen LogP contribution is -2.22. The summed E-state index contributed by atoms with van der Waals surface area (Å²) >= 11 is 12.5. The van der Waals surface area contributed by atoms with Gasteiger partial charge in [-0.2, -0.15) is 18.3 Å². The van der Waals surface area contributed by atoms with Crippen molar-refractivity contribution in [2.75, 3.05) is 11.9 Å². The summed E-state index contributed by atoms with van der Waals surface area (Å²) in [5, 5.41) is 7.56. The van der Waals surface area contributed by atoms with Gasteiger partial charge in [-0.05, 0) is 44.2 Å². The van der Waals surface area contributed by atoms with E-state index in [9.17, 15) is 22.8 Å². The molecule has 6 nitrogen and oxygen atoms in total. The Kier molecular flexibility index (Phi) is 8.24. The Bertz CT molecular complexity index is 1270. The molecule has 1 aromatic heterocycles. The number of ether oxygens (including phenoxy) is 1. The molecule has 1 N–H and O–H groups in total. The molecule has 1 amide bonds. The van der Waals surface area contributed by atoms with E-state index in [-0.39, 0.29) is 0 Å². The number of aromatic nitrogens is 2. The molecule has 2 aromatic carbocycles. The van der Waals surface area contributed by atoms with Gasteiger partial charge < -0.3 is 10.1 Å². The Balaban J connectivity index is 1.62. The van der Waals surface area contributed by atoms with Crippen LogP contribution in [0.3, 0.4) is 0 Å². The smallest absolute Gasteiger partial charge is 0.418 e. The molecule has 3 rings (SSSR count). The molecule has 184 valence electrons. The topological polar surface area (TPSA) is 73.2 Å². The molecule has 0 unspecified atom stereocenters. The first-order chi connectivity index (χ1) is 16.5. The van der Waals surface area contributed by atoms with Crippen LogP contribution in [0, 0.1) is 13.8 Å². The summed E-state index contributed by atoms with van der Waals surface area (Å²) in [6, 6.07) is 9.70. The number of amides is 1. The van der Waals surface area contributed by atoms with Gasteiger partial charge in [0.05, 0.1) is 23.5 Å². The minimum absolute atomic E-state index is 0.322. The number of esters is 1. The van der Waals surface area contributed by atoms with Crippen LogP contribution >= 0.6 is 23.2 Å². The Morgan fingerprint density at radius 3 is 2.40 bits per heavy atom. The second kappa shape index (κ2) is 11.0. The van der Waals surface area contributed by atoms with Crippen LogP contribution in [0.5, 0.6) is 0 Å². The largest absolute Gasteiger partial charge is 0.452 e. The zero-order valence-corrected chi connectivity index (χ0v) is 20.1. The predicted molar refractivity (Wildman–Crippen MR) is 127 cm³/mol. The molecular formula is C24H20Cl2F3N3O3. The van der Waals surface area contributed by atoms with Gasteiger partial charge >= 0.3 is 12.1 Å².